The number of amides is 1. The summed E-state index contributed by atoms with van der Waals surface area (Å²) in [6.07, 6.45) is -2.14. The van der Waals surface area contributed by atoms with Crippen molar-refractivity contribution in [3.05, 3.63) is 60.1 Å². The molecule has 0 unspecified atom stereocenters. The standard InChI is InChI=1S/C20H20F4N6O/c1-3-10-26-17-12(2)15(29-30(17)11-13-6-4-5-7-14(13)21)16(25)27-28-18(31)19(8-9-19)20(22,23)24/h3-7,10H,2,8-9,11H2,1H3,(H2,25,27)(H,28,31)/b10-3-,26-17+. The van der Waals surface area contributed by atoms with Crippen LogP contribution in [0.15, 0.2) is 63.9 Å². The molecule has 3 rings (SSSR count). The van der Waals surface area contributed by atoms with Crippen molar-refractivity contribution in [2.24, 2.45) is 26.3 Å². The van der Waals surface area contributed by atoms with Crippen LogP contribution < -0.4 is 11.2 Å². The summed E-state index contributed by atoms with van der Waals surface area (Å²) < 4.78 is 53.2. The highest BCUT2D eigenvalue weighted by atomic mass is 19.4. The van der Waals surface area contributed by atoms with E-state index in [-0.39, 0.29) is 42.3 Å². The summed E-state index contributed by atoms with van der Waals surface area (Å²) in [7, 11) is 0. The van der Waals surface area contributed by atoms with Gasteiger partial charge in [0.15, 0.2) is 11.7 Å². The molecule has 7 nitrogen and oxygen atoms in total. The molecule has 1 amide bonds. The third-order valence-electron chi connectivity index (χ3n) is 4.89. The second-order valence-electron chi connectivity index (χ2n) is 7.03. The van der Waals surface area contributed by atoms with Crippen LogP contribution in [-0.4, -0.2) is 34.5 Å². The van der Waals surface area contributed by atoms with Crippen molar-refractivity contribution in [1.82, 2.24) is 10.4 Å². The maximum absolute atomic E-state index is 14.1. The fourth-order valence-electron chi connectivity index (χ4n) is 2.92. The van der Waals surface area contributed by atoms with Gasteiger partial charge >= 0.3 is 6.18 Å². The maximum Gasteiger partial charge on any atom is 0.403 e. The van der Waals surface area contributed by atoms with Crippen molar-refractivity contribution in [3.8, 4) is 0 Å². The van der Waals surface area contributed by atoms with E-state index in [4.69, 9.17) is 5.73 Å². The summed E-state index contributed by atoms with van der Waals surface area (Å²) >= 11 is 0. The van der Waals surface area contributed by atoms with Crippen LogP contribution in [-0.2, 0) is 11.3 Å². The monoisotopic (exact) mass is 436 g/mol. The van der Waals surface area contributed by atoms with Gasteiger partial charge in [0.1, 0.15) is 16.9 Å². The van der Waals surface area contributed by atoms with Gasteiger partial charge in [-0.15, -0.1) is 0 Å². The van der Waals surface area contributed by atoms with Gasteiger partial charge in [0.05, 0.1) is 6.54 Å². The average Bonchev–Trinajstić information content (AvgIpc) is 3.48. The fraction of sp³-hybridized carbons (Fsp3) is 0.300. The number of hydrogen-bond donors (Lipinski definition) is 2. The number of carbonyl (C=O) groups excluding carboxylic acids is 1. The lowest BCUT2D eigenvalue weighted by molar-refractivity contribution is -0.192. The number of nitrogens with zero attached hydrogens (tertiary/aromatic N) is 4. The quantitative estimate of drug-likeness (QED) is 0.310. The predicted octanol–water partition coefficient (Wildman–Crippen LogP) is 3.22. The second kappa shape index (κ2) is 8.32. The summed E-state index contributed by atoms with van der Waals surface area (Å²) in [6.45, 7) is 5.59. The topological polar surface area (TPSA) is 95.4 Å². The summed E-state index contributed by atoms with van der Waals surface area (Å²) in [6, 6.07) is 6.08. The number of nitrogens with one attached hydrogen (secondary N) is 1. The largest absolute Gasteiger partial charge is 0.403 e. The third kappa shape index (κ3) is 4.35. The molecule has 2 aliphatic rings. The first-order valence-electron chi connectivity index (χ1n) is 9.29. The van der Waals surface area contributed by atoms with Gasteiger partial charge < -0.3 is 5.73 Å². The first-order chi connectivity index (χ1) is 14.6. The molecule has 1 fully saturated rings. The zero-order valence-corrected chi connectivity index (χ0v) is 16.6. The lowest BCUT2D eigenvalue weighted by Gasteiger charge is -2.16. The molecular weight excluding hydrogens is 416 g/mol. The second-order valence-corrected chi connectivity index (χ2v) is 7.03. The Morgan fingerprint density at radius 2 is 2.06 bits per heavy atom. The Hall–Kier alpha value is -3.50. The van der Waals surface area contributed by atoms with Crippen LogP contribution in [0.4, 0.5) is 17.6 Å². The lowest BCUT2D eigenvalue weighted by Crippen LogP contribution is -2.40. The molecule has 1 heterocycles. The summed E-state index contributed by atoms with van der Waals surface area (Å²) in [5.41, 5.74) is 5.86. The molecule has 3 N–H and O–H groups in total. The lowest BCUT2D eigenvalue weighted by atomic mass is 10.1. The van der Waals surface area contributed by atoms with Crippen molar-refractivity contribution in [2.45, 2.75) is 32.5 Å². The van der Waals surface area contributed by atoms with Crippen molar-refractivity contribution in [2.75, 3.05) is 0 Å². The van der Waals surface area contributed by atoms with E-state index in [2.05, 4.69) is 21.8 Å². The number of amidine groups is 2. The molecule has 0 spiro atoms. The van der Waals surface area contributed by atoms with Crippen LogP contribution >= 0.6 is 0 Å². The zero-order chi connectivity index (χ0) is 22.8. The van der Waals surface area contributed by atoms with Gasteiger partial charge in [-0.3, -0.25) is 4.79 Å². The number of rotatable bonds is 6. The molecule has 164 valence electrons. The smallest absolute Gasteiger partial charge is 0.380 e. The van der Waals surface area contributed by atoms with E-state index in [0.717, 1.165) is 0 Å². The molecular formula is C20H20F4N6O. The number of allylic oxidation sites excluding steroid dienone is 1. The van der Waals surface area contributed by atoms with Crippen LogP contribution in [0.25, 0.3) is 0 Å². The highest BCUT2D eigenvalue weighted by molar-refractivity contribution is 6.54. The van der Waals surface area contributed by atoms with Crippen molar-refractivity contribution < 1.29 is 22.4 Å². The number of halogens is 4. The number of hydrazone groups is 2. The Bertz CT molecular complexity index is 1020. The highest BCUT2D eigenvalue weighted by Crippen LogP contribution is 2.57. The molecule has 0 radical (unpaired) electrons. The van der Waals surface area contributed by atoms with E-state index in [0.29, 0.717) is 5.56 Å². The molecule has 31 heavy (non-hydrogen) atoms. The van der Waals surface area contributed by atoms with Crippen LogP contribution in [0.5, 0.6) is 0 Å². The third-order valence-corrected chi connectivity index (χ3v) is 4.89. The molecule has 0 aromatic heterocycles. The Morgan fingerprint density at radius 3 is 2.65 bits per heavy atom. The van der Waals surface area contributed by atoms with E-state index < -0.39 is 23.3 Å². The molecule has 1 aliphatic carbocycles. The van der Waals surface area contributed by atoms with Crippen LogP contribution in [0, 0.1) is 11.2 Å². The molecule has 0 saturated heterocycles. The van der Waals surface area contributed by atoms with Crippen LogP contribution in [0.3, 0.4) is 0 Å². The van der Waals surface area contributed by atoms with E-state index >= 15 is 0 Å². The Labute approximate surface area is 175 Å². The molecule has 1 aromatic carbocycles. The van der Waals surface area contributed by atoms with Gasteiger partial charge in [0.2, 0.25) is 0 Å². The normalized spacial score (nSPS) is 19.8. The number of hydrogen-bond acceptors (Lipinski definition) is 4. The van der Waals surface area contributed by atoms with E-state index in [1.807, 2.05) is 5.43 Å². The summed E-state index contributed by atoms with van der Waals surface area (Å²) in [4.78, 5) is 16.2. The van der Waals surface area contributed by atoms with Gasteiger partial charge in [-0.2, -0.15) is 23.4 Å². The van der Waals surface area contributed by atoms with Crippen LogP contribution in [0.1, 0.15) is 25.3 Å². The molecule has 1 aliphatic heterocycles. The van der Waals surface area contributed by atoms with Gasteiger partial charge in [-0.1, -0.05) is 30.9 Å². The molecule has 0 bridgehead atoms. The number of nitrogens with two attached hydrogens (primary N) is 1. The number of aliphatic imine (C=N–C) groups is 1. The SMILES string of the molecule is C=C1C(/C(N)=N/NC(=O)C2(C(F)(F)F)CC2)=NN(Cc2ccccc2F)/C1=N/C=C\C. The van der Waals surface area contributed by atoms with Crippen molar-refractivity contribution >= 4 is 23.3 Å². The Balaban J connectivity index is 1.83. The zero-order valence-electron chi connectivity index (χ0n) is 16.6. The predicted molar refractivity (Wildman–Crippen MR) is 108 cm³/mol. The van der Waals surface area contributed by atoms with Crippen molar-refractivity contribution in [1.29, 1.82) is 0 Å². The van der Waals surface area contributed by atoms with E-state index in [1.165, 1.54) is 17.3 Å². The average molecular weight is 436 g/mol. The van der Waals surface area contributed by atoms with Gasteiger partial charge in [-0.05, 0) is 25.8 Å². The van der Waals surface area contributed by atoms with Gasteiger partial charge in [0, 0.05) is 17.3 Å². The molecule has 1 saturated carbocycles. The number of carbonyl (C=O) groups is 1. The Morgan fingerprint density at radius 1 is 1.39 bits per heavy atom. The minimum absolute atomic E-state index is 0.00239. The summed E-state index contributed by atoms with van der Waals surface area (Å²) in [5.74, 6) is -1.81. The van der Waals surface area contributed by atoms with E-state index in [9.17, 15) is 22.4 Å². The minimum atomic E-state index is -4.67. The first kappa shape index (κ1) is 22.2. The van der Waals surface area contributed by atoms with Gasteiger partial charge in [-0.25, -0.2) is 19.8 Å². The number of benzene rings is 1. The molecule has 11 heteroatoms. The molecule has 0 atom stereocenters. The molecule has 1 aromatic rings. The fourth-order valence-corrected chi connectivity index (χ4v) is 2.92. The van der Waals surface area contributed by atoms with Crippen molar-refractivity contribution in [3.63, 3.8) is 0 Å². The van der Waals surface area contributed by atoms with Gasteiger partial charge in [0.25, 0.3) is 5.91 Å². The summed E-state index contributed by atoms with van der Waals surface area (Å²) in [5, 5.41) is 9.16. The highest BCUT2D eigenvalue weighted by Gasteiger charge is 2.68. The maximum atomic E-state index is 14.1. The minimum Gasteiger partial charge on any atom is -0.380 e. The Kier molecular flexibility index (Phi) is 5.96. The number of alkyl halides is 3. The van der Waals surface area contributed by atoms with Crippen LogP contribution in [0.2, 0.25) is 0 Å². The van der Waals surface area contributed by atoms with E-state index in [1.54, 1.807) is 31.2 Å². The first-order valence-corrected chi connectivity index (χ1v) is 9.29.